The molecule has 1 fully saturated rings. The molecule has 4 N–H and O–H groups in total. The van der Waals surface area contributed by atoms with Gasteiger partial charge in [-0.1, -0.05) is 0 Å². The number of ether oxygens (including phenoxy) is 1. The predicted molar refractivity (Wildman–Crippen MR) is 89.2 cm³/mol. The highest BCUT2D eigenvalue weighted by Gasteiger charge is 2.22. The quantitative estimate of drug-likeness (QED) is 0.651. The zero-order valence-electron chi connectivity index (χ0n) is 12.9. The summed E-state index contributed by atoms with van der Waals surface area (Å²) in [4.78, 5) is 41.2. The van der Waals surface area contributed by atoms with Gasteiger partial charge in [0.05, 0.1) is 10.6 Å². The summed E-state index contributed by atoms with van der Waals surface area (Å²) in [6.45, 7) is 0. The van der Waals surface area contributed by atoms with Crippen molar-refractivity contribution in [3.63, 3.8) is 0 Å². The lowest BCUT2D eigenvalue weighted by atomic mass is 10.3. The molecule has 2 heterocycles. The Kier molecular flexibility index (Phi) is 4.70. The van der Waals surface area contributed by atoms with Gasteiger partial charge >= 0.3 is 12.1 Å². The molecular weight excluding hydrogens is 350 g/mol. The molecule has 0 saturated heterocycles. The Hall–Kier alpha value is -2.88. The fourth-order valence-corrected chi connectivity index (χ4v) is 3.41. The van der Waals surface area contributed by atoms with Crippen LogP contribution in [-0.2, 0) is 4.74 Å². The third-order valence-corrected chi connectivity index (χ3v) is 4.71. The molecule has 0 aliphatic heterocycles. The van der Waals surface area contributed by atoms with E-state index < -0.39 is 29.1 Å². The van der Waals surface area contributed by atoms with E-state index in [4.69, 9.17) is 9.84 Å². The number of carbonyl (C=O) groups is 2. The van der Waals surface area contributed by atoms with E-state index in [1.165, 1.54) is 0 Å². The standard InChI is InChI=1S/C15H15N3O6S/c19-10-9(14(21)22)17-12(18-13(10)20)11-8(5-6-25-11)16-15(23)24-7-3-1-2-4-7/h5-7,19H,1-4H2,(H,16,23)(H,21,22)(H,17,18,20). The number of carboxylic acids is 1. The van der Waals surface area contributed by atoms with Crippen molar-refractivity contribution in [1.82, 2.24) is 9.97 Å². The number of nitrogens with zero attached hydrogens (tertiary/aromatic N) is 1. The van der Waals surface area contributed by atoms with Gasteiger partial charge in [-0.15, -0.1) is 11.3 Å². The SMILES string of the molecule is O=C(Nc1ccsc1-c1nc(C(=O)O)c(O)c(=O)[nH]1)OC1CCCC1. The number of aromatic nitrogens is 2. The summed E-state index contributed by atoms with van der Waals surface area (Å²) in [6.07, 6.45) is 2.99. The van der Waals surface area contributed by atoms with Gasteiger partial charge in [-0.05, 0) is 37.1 Å². The van der Waals surface area contributed by atoms with E-state index in [9.17, 15) is 19.5 Å². The lowest BCUT2D eigenvalue weighted by Gasteiger charge is -2.12. The van der Waals surface area contributed by atoms with Crippen LogP contribution in [0.15, 0.2) is 16.2 Å². The minimum Gasteiger partial charge on any atom is -0.501 e. The minimum atomic E-state index is -1.53. The maximum Gasteiger partial charge on any atom is 0.411 e. The number of carbonyl (C=O) groups excluding carboxylic acids is 1. The van der Waals surface area contributed by atoms with Crippen molar-refractivity contribution in [2.75, 3.05) is 5.32 Å². The molecule has 0 unspecified atom stereocenters. The maximum atomic E-state index is 12.0. The van der Waals surface area contributed by atoms with Crippen molar-refractivity contribution < 1.29 is 24.5 Å². The second-order valence-corrected chi connectivity index (χ2v) is 6.43. The molecule has 0 aromatic carbocycles. The van der Waals surface area contributed by atoms with E-state index in [-0.39, 0.29) is 11.9 Å². The van der Waals surface area contributed by atoms with E-state index in [0.29, 0.717) is 10.6 Å². The van der Waals surface area contributed by atoms with Crippen molar-refractivity contribution in [3.05, 3.63) is 27.5 Å². The number of aromatic carboxylic acids is 1. The average molecular weight is 365 g/mol. The molecule has 3 rings (SSSR count). The smallest absolute Gasteiger partial charge is 0.411 e. The Morgan fingerprint density at radius 2 is 2.08 bits per heavy atom. The van der Waals surface area contributed by atoms with Gasteiger partial charge in [0.2, 0.25) is 5.75 Å². The van der Waals surface area contributed by atoms with Gasteiger partial charge in [-0.2, -0.15) is 0 Å². The van der Waals surface area contributed by atoms with E-state index in [1.54, 1.807) is 11.4 Å². The third-order valence-electron chi connectivity index (χ3n) is 3.79. The summed E-state index contributed by atoms with van der Waals surface area (Å²) < 4.78 is 5.31. The Balaban J connectivity index is 1.85. The molecule has 0 radical (unpaired) electrons. The first-order chi connectivity index (χ1) is 12.0. The van der Waals surface area contributed by atoms with Crippen LogP contribution in [-0.4, -0.2) is 38.3 Å². The number of nitrogens with one attached hydrogen (secondary N) is 2. The van der Waals surface area contributed by atoms with Crippen LogP contribution in [0.25, 0.3) is 10.7 Å². The van der Waals surface area contributed by atoms with Crippen molar-refractivity contribution in [1.29, 1.82) is 0 Å². The third kappa shape index (κ3) is 3.63. The monoisotopic (exact) mass is 365 g/mol. The van der Waals surface area contributed by atoms with Crippen LogP contribution in [0.5, 0.6) is 5.75 Å². The molecule has 132 valence electrons. The summed E-state index contributed by atoms with van der Waals surface area (Å²) in [7, 11) is 0. The highest BCUT2D eigenvalue weighted by Crippen LogP contribution is 2.32. The van der Waals surface area contributed by atoms with E-state index >= 15 is 0 Å². The van der Waals surface area contributed by atoms with Crippen molar-refractivity contribution in [2.24, 2.45) is 0 Å². The first kappa shape index (κ1) is 17.0. The van der Waals surface area contributed by atoms with E-state index in [1.807, 2.05) is 0 Å². The number of H-pyrrole nitrogens is 1. The normalized spacial score (nSPS) is 14.4. The first-order valence-corrected chi connectivity index (χ1v) is 8.45. The Bertz CT molecular complexity index is 868. The van der Waals surface area contributed by atoms with E-state index in [2.05, 4.69) is 15.3 Å². The lowest BCUT2D eigenvalue weighted by molar-refractivity contribution is 0.0686. The number of carboxylic acid groups (broad SMARTS) is 1. The zero-order valence-corrected chi connectivity index (χ0v) is 13.8. The van der Waals surface area contributed by atoms with Gasteiger partial charge in [-0.3, -0.25) is 10.1 Å². The summed E-state index contributed by atoms with van der Waals surface area (Å²) in [5.41, 5.74) is -1.40. The fraction of sp³-hybridized carbons (Fsp3) is 0.333. The van der Waals surface area contributed by atoms with Gasteiger partial charge in [0, 0.05) is 0 Å². The molecule has 9 nitrogen and oxygen atoms in total. The van der Waals surface area contributed by atoms with Gasteiger partial charge in [0.1, 0.15) is 6.10 Å². The predicted octanol–water partition coefficient (Wildman–Crippen LogP) is 2.39. The molecule has 2 aromatic heterocycles. The van der Waals surface area contributed by atoms with Gasteiger partial charge < -0.3 is 19.9 Å². The Labute approximate surface area is 145 Å². The molecule has 10 heteroatoms. The summed E-state index contributed by atoms with van der Waals surface area (Å²) in [6, 6.07) is 1.59. The van der Waals surface area contributed by atoms with Crippen LogP contribution in [0.2, 0.25) is 0 Å². The number of aromatic amines is 1. The highest BCUT2D eigenvalue weighted by atomic mass is 32.1. The largest absolute Gasteiger partial charge is 0.501 e. The molecule has 1 aliphatic rings. The minimum absolute atomic E-state index is 0.0635. The summed E-state index contributed by atoms with van der Waals surface area (Å²) in [5.74, 6) is -2.56. The topological polar surface area (TPSA) is 142 Å². The van der Waals surface area contributed by atoms with Gasteiger partial charge in [0.15, 0.2) is 11.5 Å². The van der Waals surface area contributed by atoms with Crippen LogP contribution in [0.3, 0.4) is 0 Å². The number of amides is 1. The Morgan fingerprint density at radius 1 is 1.36 bits per heavy atom. The molecular formula is C15H15N3O6S. The maximum absolute atomic E-state index is 12.0. The van der Waals surface area contributed by atoms with Crippen molar-refractivity contribution in [3.8, 4) is 16.5 Å². The number of rotatable bonds is 4. The number of hydrogen-bond acceptors (Lipinski definition) is 7. The van der Waals surface area contributed by atoms with Gasteiger partial charge in [0.25, 0.3) is 5.56 Å². The molecule has 1 amide bonds. The molecule has 25 heavy (non-hydrogen) atoms. The number of aromatic hydroxyl groups is 1. The van der Waals surface area contributed by atoms with Crippen LogP contribution in [0, 0.1) is 0 Å². The van der Waals surface area contributed by atoms with Crippen LogP contribution >= 0.6 is 11.3 Å². The highest BCUT2D eigenvalue weighted by molar-refractivity contribution is 7.14. The molecule has 0 bridgehead atoms. The Morgan fingerprint density at radius 3 is 2.76 bits per heavy atom. The number of anilines is 1. The molecule has 1 saturated carbocycles. The van der Waals surface area contributed by atoms with Crippen LogP contribution in [0.4, 0.5) is 10.5 Å². The van der Waals surface area contributed by atoms with Gasteiger partial charge in [-0.25, -0.2) is 14.6 Å². The molecule has 0 spiro atoms. The fourth-order valence-electron chi connectivity index (χ4n) is 2.61. The molecule has 1 aliphatic carbocycles. The summed E-state index contributed by atoms with van der Waals surface area (Å²) in [5, 5.41) is 22.7. The molecule has 2 aromatic rings. The number of hydrogen-bond donors (Lipinski definition) is 4. The first-order valence-electron chi connectivity index (χ1n) is 7.57. The number of thiophene rings is 1. The van der Waals surface area contributed by atoms with Crippen LogP contribution in [0.1, 0.15) is 36.2 Å². The second kappa shape index (κ2) is 6.93. The van der Waals surface area contributed by atoms with Crippen molar-refractivity contribution in [2.45, 2.75) is 31.8 Å². The molecule has 0 atom stereocenters. The van der Waals surface area contributed by atoms with E-state index in [0.717, 1.165) is 37.0 Å². The average Bonchev–Trinajstić information content (AvgIpc) is 3.21. The second-order valence-electron chi connectivity index (χ2n) is 5.52. The van der Waals surface area contributed by atoms with Crippen molar-refractivity contribution >= 4 is 29.1 Å². The lowest BCUT2D eigenvalue weighted by Crippen LogP contribution is -2.20. The zero-order chi connectivity index (χ0) is 18.0. The van der Waals surface area contributed by atoms with Crippen LogP contribution < -0.4 is 10.9 Å². The summed E-state index contributed by atoms with van der Waals surface area (Å²) >= 11 is 1.14.